The molecule has 0 radical (unpaired) electrons. The van der Waals surface area contributed by atoms with Crippen LogP contribution in [0.5, 0.6) is 0 Å². The van der Waals surface area contributed by atoms with Crippen LogP contribution >= 0.6 is 0 Å². The van der Waals surface area contributed by atoms with Gasteiger partial charge in [0.2, 0.25) is 0 Å². The molecule has 0 aliphatic carbocycles. The fourth-order valence-corrected chi connectivity index (χ4v) is 8.46. The van der Waals surface area contributed by atoms with E-state index in [0.717, 1.165) is 44.2 Å². The number of anilines is 3. The second-order valence-corrected chi connectivity index (χ2v) is 14.9. The Morgan fingerprint density at radius 1 is 0.365 bits per heavy atom. The van der Waals surface area contributed by atoms with Crippen LogP contribution in [0.25, 0.3) is 93.9 Å². The summed E-state index contributed by atoms with van der Waals surface area (Å²) in [6.45, 7) is 0. The van der Waals surface area contributed by atoms with E-state index in [4.69, 9.17) is 18.1 Å². The first-order valence-electron chi connectivity index (χ1n) is 27.8. The van der Waals surface area contributed by atoms with Crippen molar-refractivity contribution in [1.29, 1.82) is 0 Å². The number of hydrogen-bond donors (Lipinski definition) is 0. The highest BCUT2D eigenvalue weighted by atomic mass is 16.3. The standard InChI is InChI=1S/C60H40N2O/c1-3-16-42(17-4-1)49-22-7-10-29-56(49)61(46-36-32-41(33-37-46)45-20-13-21-48(40-45)62-57-30-11-8-23-52(57)53-24-9-12-31-58(53)62)47-38-34-44(35-39-47)51-26-15-28-55-54-27-14-25-50(59(54)63-60(51)55)43-18-5-2-6-19-43/h1-40H/i2D,5D,6D,14D,15D,18D,19D,25D,26D,27D,28D,34D,35D,38D,39D. The summed E-state index contributed by atoms with van der Waals surface area (Å²) < 4.78 is 145. The summed E-state index contributed by atoms with van der Waals surface area (Å²) in [6.07, 6.45) is 0. The molecule has 296 valence electrons. The molecule has 3 nitrogen and oxygen atoms in total. The molecule has 0 aliphatic rings. The maximum atomic E-state index is 9.85. The summed E-state index contributed by atoms with van der Waals surface area (Å²) in [5, 5.41) is 1.59. The van der Waals surface area contributed by atoms with Crippen molar-refractivity contribution in [2.45, 2.75) is 0 Å². The number of aromatic nitrogens is 1. The van der Waals surface area contributed by atoms with Gasteiger partial charge >= 0.3 is 0 Å². The summed E-state index contributed by atoms with van der Waals surface area (Å²) >= 11 is 0. The maximum Gasteiger partial charge on any atom is 0.143 e. The lowest BCUT2D eigenvalue weighted by molar-refractivity contribution is 0.671. The number of furan rings is 1. The number of benzene rings is 10. The second-order valence-electron chi connectivity index (χ2n) is 14.9. The smallest absolute Gasteiger partial charge is 0.143 e. The molecule has 0 aliphatic heterocycles. The van der Waals surface area contributed by atoms with Gasteiger partial charge in [-0.2, -0.15) is 0 Å². The highest BCUT2D eigenvalue weighted by Gasteiger charge is 2.20. The summed E-state index contributed by atoms with van der Waals surface area (Å²) in [5.41, 5.74) is 4.30. The minimum absolute atomic E-state index is 0.163. The van der Waals surface area contributed by atoms with Gasteiger partial charge in [0.15, 0.2) is 0 Å². The van der Waals surface area contributed by atoms with Crippen molar-refractivity contribution in [2.24, 2.45) is 0 Å². The van der Waals surface area contributed by atoms with Gasteiger partial charge in [-0.25, -0.2) is 0 Å². The number of rotatable bonds is 8. The number of fused-ring (bicyclic) bond motifs is 6. The van der Waals surface area contributed by atoms with Crippen LogP contribution in [0.1, 0.15) is 20.6 Å². The first kappa shape index (κ1) is 24.1. The Kier molecular flexibility index (Phi) is 5.85. The zero-order valence-electron chi connectivity index (χ0n) is 48.2. The average molecular weight is 820 g/mol. The monoisotopic (exact) mass is 819 g/mol. The summed E-state index contributed by atoms with van der Waals surface area (Å²) in [4.78, 5) is 1.65. The molecule has 12 rings (SSSR count). The molecule has 0 fully saturated rings. The van der Waals surface area contributed by atoms with Gasteiger partial charge in [-0.15, -0.1) is 0 Å². The lowest BCUT2D eigenvalue weighted by Gasteiger charge is -2.28. The zero-order valence-corrected chi connectivity index (χ0v) is 33.2. The molecule has 0 bridgehead atoms. The van der Waals surface area contributed by atoms with E-state index in [-0.39, 0.29) is 16.5 Å². The predicted octanol–water partition coefficient (Wildman–Crippen LogP) is 16.8. The van der Waals surface area contributed by atoms with Crippen LogP contribution in [-0.4, -0.2) is 4.57 Å². The van der Waals surface area contributed by atoms with Crippen molar-refractivity contribution in [3.8, 4) is 50.2 Å². The molecule has 0 N–H and O–H groups in total. The third-order valence-corrected chi connectivity index (χ3v) is 11.3. The first-order chi connectivity index (χ1) is 37.5. The van der Waals surface area contributed by atoms with Gasteiger partial charge in [0.05, 0.1) is 37.3 Å². The van der Waals surface area contributed by atoms with E-state index in [1.165, 1.54) is 0 Å². The quantitative estimate of drug-likeness (QED) is 0.152. The normalized spacial score (nSPS) is 14.8. The zero-order chi connectivity index (χ0) is 54.7. The fraction of sp³-hybridized carbons (Fsp3) is 0. The van der Waals surface area contributed by atoms with Crippen molar-refractivity contribution in [3.05, 3.63) is 242 Å². The molecule has 3 heteroatoms. The highest BCUT2D eigenvalue weighted by molar-refractivity contribution is 6.13. The Morgan fingerprint density at radius 2 is 0.952 bits per heavy atom. The number of hydrogen-bond acceptors (Lipinski definition) is 2. The van der Waals surface area contributed by atoms with E-state index in [2.05, 4.69) is 41.0 Å². The van der Waals surface area contributed by atoms with Crippen LogP contribution in [0.3, 0.4) is 0 Å². The van der Waals surface area contributed by atoms with Gasteiger partial charge in [0.1, 0.15) is 11.2 Å². The van der Waals surface area contributed by atoms with Crippen LogP contribution in [0.4, 0.5) is 17.1 Å². The summed E-state index contributed by atoms with van der Waals surface area (Å²) in [7, 11) is 0. The predicted molar refractivity (Wildman–Crippen MR) is 264 cm³/mol. The highest BCUT2D eigenvalue weighted by Crippen LogP contribution is 2.44. The number of nitrogens with zero attached hydrogens (tertiary/aromatic N) is 2. The van der Waals surface area contributed by atoms with Gasteiger partial charge in [0, 0.05) is 55.3 Å². The molecule has 10 aromatic carbocycles. The molecule has 0 saturated carbocycles. The molecule has 0 unspecified atom stereocenters. The van der Waals surface area contributed by atoms with Crippen LogP contribution in [-0.2, 0) is 0 Å². The van der Waals surface area contributed by atoms with Gasteiger partial charge in [-0.3, -0.25) is 0 Å². The van der Waals surface area contributed by atoms with Crippen LogP contribution in [0, 0.1) is 0 Å². The lowest BCUT2D eigenvalue weighted by atomic mass is 9.99. The Morgan fingerprint density at radius 3 is 1.63 bits per heavy atom. The van der Waals surface area contributed by atoms with E-state index in [1.54, 1.807) is 11.0 Å². The Hall–Kier alpha value is -8.40. The van der Waals surface area contributed by atoms with Crippen LogP contribution in [0.2, 0.25) is 0 Å². The third-order valence-electron chi connectivity index (χ3n) is 11.3. The van der Waals surface area contributed by atoms with Crippen molar-refractivity contribution in [2.75, 3.05) is 4.90 Å². The molecule has 12 aromatic rings. The molecular formula is C60H40N2O. The molecule has 0 atom stereocenters. The van der Waals surface area contributed by atoms with Gasteiger partial charge in [-0.1, -0.05) is 188 Å². The molecular weight excluding hydrogens is 765 g/mol. The van der Waals surface area contributed by atoms with Gasteiger partial charge in [-0.05, 0) is 82.4 Å². The Bertz CT molecular complexity index is 4400. The SMILES string of the molecule is [2H]c1c([2H])c([2H])c(-c2c([2H])c([2H])c([2H])c3c2oc2c(-c4c([2H])c([2H])c(N(c5ccc(-c6cccc(-n7c8ccccc8c8ccccc87)c6)cc5)c5ccccc5-c5ccccc5)c([2H])c4[2H])c([2H])c([2H])c([2H])c23)c([2H])c1[2H]. The molecule has 0 amide bonds. The van der Waals surface area contributed by atoms with E-state index in [0.29, 0.717) is 16.9 Å². The van der Waals surface area contributed by atoms with Crippen molar-refractivity contribution in [3.63, 3.8) is 0 Å². The molecule has 0 spiro atoms. The Labute approximate surface area is 387 Å². The maximum absolute atomic E-state index is 9.85. The summed E-state index contributed by atoms with van der Waals surface area (Å²) in [6, 6.07) is 38.8. The molecule has 63 heavy (non-hydrogen) atoms. The molecule has 2 aromatic heterocycles. The minimum atomic E-state index is -0.750. The fourth-order valence-electron chi connectivity index (χ4n) is 8.46. The van der Waals surface area contributed by atoms with Crippen molar-refractivity contribution in [1.82, 2.24) is 4.57 Å². The second kappa shape index (κ2) is 15.3. The van der Waals surface area contributed by atoms with Crippen LogP contribution in [0.15, 0.2) is 247 Å². The first-order valence-corrected chi connectivity index (χ1v) is 20.3. The summed E-state index contributed by atoms with van der Waals surface area (Å²) in [5.74, 6) is 0. The van der Waals surface area contributed by atoms with E-state index >= 15 is 0 Å². The number of para-hydroxylation sites is 5. The van der Waals surface area contributed by atoms with Gasteiger partial charge < -0.3 is 13.9 Å². The van der Waals surface area contributed by atoms with Crippen molar-refractivity contribution < 1.29 is 25.0 Å². The van der Waals surface area contributed by atoms with E-state index in [9.17, 15) is 6.85 Å². The Balaban J connectivity index is 1.06. The topological polar surface area (TPSA) is 21.3 Å². The van der Waals surface area contributed by atoms with Crippen molar-refractivity contribution >= 4 is 60.8 Å². The van der Waals surface area contributed by atoms with E-state index < -0.39 is 124 Å². The van der Waals surface area contributed by atoms with Crippen LogP contribution < -0.4 is 4.90 Å². The van der Waals surface area contributed by atoms with Gasteiger partial charge in [0.25, 0.3) is 0 Å². The lowest BCUT2D eigenvalue weighted by Crippen LogP contribution is -2.11. The van der Waals surface area contributed by atoms with E-state index in [1.807, 2.05) is 109 Å². The minimum Gasteiger partial charge on any atom is -0.455 e. The molecule has 0 saturated heterocycles. The average Bonchev–Trinajstić information content (AvgIpc) is 4.08. The molecule has 2 heterocycles. The largest absolute Gasteiger partial charge is 0.455 e. The third kappa shape index (κ3) is 6.29.